The molecule has 2 N–H and O–H groups in total. The molecule has 0 saturated heterocycles. The summed E-state index contributed by atoms with van der Waals surface area (Å²) in [6.45, 7) is 0.295. The van der Waals surface area contributed by atoms with Crippen molar-refractivity contribution in [3.63, 3.8) is 0 Å². The molecule has 0 saturated carbocycles. The topological polar surface area (TPSA) is 102 Å². The second kappa shape index (κ2) is 9.91. The lowest BCUT2D eigenvalue weighted by molar-refractivity contribution is 0.0691. The maximum atomic E-state index is 12.5. The van der Waals surface area contributed by atoms with E-state index in [-0.39, 0.29) is 39.5 Å². The summed E-state index contributed by atoms with van der Waals surface area (Å²) >= 11 is 11.8. The number of hydrogen-bond donors (Lipinski definition) is 2. The fourth-order valence-corrected chi connectivity index (χ4v) is 4.42. The van der Waals surface area contributed by atoms with Crippen molar-refractivity contribution in [2.24, 2.45) is 0 Å². The SMILES string of the molecule is O=C(O)c1ccccc1OCCOc1ccc(NS(=O)(=O)c2cc(Cl)ccc2Cl)cc1. The van der Waals surface area contributed by atoms with Crippen molar-refractivity contribution < 1.29 is 27.8 Å². The predicted molar refractivity (Wildman–Crippen MR) is 118 cm³/mol. The molecule has 0 amide bonds. The van der Waals surface area contributed by atoms with Gasteiger partial charge in [0.05, 0.1) is 5.02 Å². The van der Waals surface area contributed by atoms with Crippen molar-refractivity contribution in [1.82, 2.24) is 0 Å². The highest BCUT2D eigenvalue weighted by molar-refractivity contribution is 7.92. The minimum Gasteiger partial charge on any atom is -0.490 e. The Morgan fingerprint density at radius 3 is 2.32 bits per heavy atom. The highest BCUT2D eigenvalue weighted by atomic mass is 35.5. The lowest BCUT2D eigenvalue weighted by Crippen LogP contribution is -2.13. The summed E-state index contributed by atoms with van der Waals surface area (Å²) in [4.78, 5) is 11.0. The van der Waals surface area contributed by atoms with Crippen LogP contribution in [0.4, 0.5) is 5.69 Å². The number of carbonyl (C=O) groups is 1. The first kappa shape index (κ1) is 22.7. The molecular formula is C21H17Cl2NO6S. The highest BCUT2D eigenvalue weighted by Gasteiger charge is 2.18. The van der Waals surface area contributed by atoms with Crippen molar-refractivity contribution >= 4 is 44.9 Å². The fraction of sp³-hybridized carbons (Fsp3) is 0.0952. The van der Waals surface area contributed by atoms with Crippen LogP contribution in [0.25, 0.3) is 0 Å². The molecule has 0 aliphatic rings. The van der Waals surface area contributed by atoms with Gasteiger partial charge in [-0.25, -0.2) is 13.2 Å². The van der Waals surface area contributed by atoms with Crippen LogP contribution in [-0.2, 0) is 10.0 Å². The number of para-hydroxylation sites is 1. The molecule has 162 valence electrons. The molecule has 0 radical (unpaired) electrons. The molecular weight excluding hydrogens is 465 g/mol. The summed E-state index contributed by atoms with van der Waals surface area (Å²) in [6, 6.07) is 16.7. The predicted octanol–water partition coefficient (Wildman–Crippen LogP) is 4.95. The molecule has 0 atom stereocenters. The van der Waals surface area contributed by atoms with Crippen molar-refractivity contribution in [3.05, 3.63) is 82.3 Å². The van der Waals surface area contributed by atoms with Gasteiger partial charge in [-0.3, -0.25) is 4.72 Å². The quantitative estimate of drug-likeness (QED) is 0.419. The summed E-state index contributed by atoms with van der Waals surface area (Å²) in [7, 11) is -3.92. The Balaban J connectivity index is 1.56. The van der Waals surface area contributed by atoms with E-state index in [1.807, 2.05) is 0 Å². The molecule has 0 fully saturated rings. The lowest BCUT2D eigenvalue weighted by Gasteiger charge is -2.12. The molecule has 0 aromatic heterocycles. The number of ether oxygens (including phenoxy) is 2. The first-order valence-corrected chi connectivity index (χ1v) is 11.2. The van der Waals surface area contributed by atoms with E-state index in [1.54, 1.807) is 30.3 Å². The zero-order valence-corrected chi connectivity index (χ0v) is 18.2. The third kappa shape index (κ3) is 6.04. The van der Waals surface area contributed by atoms with Gasteiger partial charge in [0.1, 0.15) is 35.2 Å². The van der Waals surface area contributed by atoms with Crippen LogP contribution in [0.3, 0.4) is 0 Å². The van der Waals surface area contributed by atoms with E-state index in [1.165, 1.54) is 36.4 Å². The normalized spacial score (nSPS) is 11.0. The molecule has 0 aliphatic carbocycles. The van der Waals surface area contributed by atoms with Gasteiger partial charge in [-0.1, -0.05) is 35.3 Å². The summed E-state index contributed by atoms with van der Waals surface area (Å²) < 4.78 is 38.5. The van der Waals surface area contributed by atoms with Crippen LogP contribution in [0, 0.1) is 0 Å². The van der Waals surface area contributed by atoms with E-state index in [0.717, 1.165) is 0 Å². The number of aromatic carboxylic acids is 1. The zero-order chi connectivity index (χ0) is 22.4. The average molecular weight is 482 g/mol. The third-order valence-electron chi connectivity index (χ3n) is 4.02. The molecule has 0 bridgehead atoms. The number of halogens is 2. The summed E-state index contributed by atoms with van der Waals surface area (Å²) in [6.07, 6.45) is 0. The highest BCUT2D eigenvalue weighted by Crippen LogP contribution is 2.27. The largest absolute Gasteiger partial charge is 0.490 e. The molecule has 0 heterocycles. The van der Waals surface area contributed by atoms with Crippen LogP contribution in [0.2, 0.25) is 10.0 Å². The van der Waals surface area contributed by atoms with Gasteiger partial charge < -0.3 is 14.6 Å². The number of nitrogens with one attached hydrogen (secondary N) is 1. The number of sulfonamides is 1. The number of hydrogen-bond acceptors (Lipinski definition) is 5. The van der Waals surface area contributed by atoms with Gasteiger partial charge in [-0.05, 0) is 54.6 Å². The van der Waals surface area contributed by atoms with Gasteiger partial charge >= 0.3 is 5.97 Å². The molecule has 3 rings (SSSR count). The Morgan fingerprint density at radius 1 is 0.935 bits per heavy atom. The van der Waals surface area contributed by atoms with E-state index < -0.39 is 16.0 Å². The molecule has 10 heteroatoms. The minimum atomic E-state index is -3.92. The van der Waals surface area contributed by atoms with Crippen LogP contribution in [0.1, 0.15) is 10.4 Å². The summed E-state index contributed by atoms with van der Waals surface area (Å²) in [5.41, 5.74) is 0.383. The maximum absolute atomic E-state index is 12.5. The van der Waals surface area contributed by atoms with E-state index in [2.05, 4.69) is 4.72 Å². The van der Waals surface area contributed by atoms with Gasteiger partial charge in [0.2, 0.25) is 0 Å². The van der Waals surface area contributed by atoms with Crippen molar-refractivity contribution in [2.75, 3.05) is 17.9 Å². The first-order chi connectivity index (χ1) is 14.8. The van der Waals surface area contributed by atoms with E-state index in [0.29, 0.717) is 11.4 Å². The lowest BCUT2D eigenvalue weighted by atomic mass is 10.2. The number of rotatable bonds is 9. The van der Waals surface area contributed by atoms with E-state index in [4.69, 9.17) is 37.8 Å². The molecule has 0 spiro atoms. The van der Waals surface area contributed by atoms with Gasteiger partial charge in [0.15, 0.2) is 0 Å². The second-order valence-electron chi connectivity index (χ2n) is 6.20. The van der Waals surface area contributed by atoms with Crippen LogP contribution >= 0.6 is 23.2 Å². The summed E-state index contributed by atoms with van der Waals surface area (Å²) in [5, 5.41) is 9.44. The summed E-state index contributed by atoms with van der Waals surface area (Å²) in [5.74, 6) is -0.337. The Hall–Kier alpha value is -2.94. The number of benzene rings is 3. The minimum absolute atomic E-state index is 0.0568. The number of carboxylic acids is 1. The van der Waals surface area contributed by atoms with E-state index >= 15 is 0 Å². The van der Waals surface area contributed by atoms with Gasteiger partial charge in [0, 0.05) is 10.7 Å². The Kier molecular flexibility index (Phi) is 7.27. The third-order valence-corrected chi connectivity index (χ3v) is 6.11. The molecule has 0 unspecified atom stereocenters. The molecule has 3 aromatic rings. The smallest absolute Gasteiger partial charge is 0.339 e. The number of carboxylic acid groups (broad SMARTS) is 1. The van der Waals surface area contributed by atoms with Crippen molar-refractivity contribution in [1.29, 1.82) is 0 Å². The fourth-order valence-electron chi connectivity index (χ4n) is 2.59. The Bertz CT molecular complexity index is 1180. The van der Waals surface area contributed by atoms with Crippen molar-refractivity contribution in [3.8, 4) is 11.5 Å². The van der Waals surface area contributed by atoms with Crippen LogP contribution in [0.15, 0.2) is 71.6 Å². The Labute approximate surface area is 189 Å². The van der Waals surface area contributed by atoms with Gasteiger partial charge in [-0.2, -0.15) is 0 Å². The van der Waals surface area contributed by atoms with E-state index in [9.17, 15) is 13.2 Å². The van der Waals surface area contributed by atoms with Crippen LogP contribution in [0.5, 0.6) is 11.5 Å². The number of anilines is 1. The van der Waals surface area contributed by atoms with Crippen LogP contribution < -0.4 is 14.2 Å². The second-order valence-corrected chi connectivity index (χ2v) is 8.70. The zero-order valence-electron chi connectivity index (χ0n) is 15.9. The molecule has 3 aromatic carbocycles. The molecule has 0 aliphatic heterocycles. The van der Waals surface area contributed by atoms with Gasteiger partial charge in [0.25, 0.3) is 10.0 Å². The average Bonchev–Trinajstić information content (AvgIpc) is 2.74. The standard InChI is InChI=1S/C21H17Cl2NO6S/c22-14-5-10-18(23)20(13-14)31(27,28)24-15-6-8-16(9-7-15)29-11-12-30-19-4-2-1-3-17(19)21(25)26/h1-10,13,24H,11-12H2,(H,25,26). The maximum Gasteiger partial charge on any atom is 0.339 e. The Morgan fingerprint density at radius 2 is 1.61 bits per heavy atom. The van der Waals surface area contributed by atoms with Gasteiger partial charge in [-0.15, -0.1) is 0 Å². The van der Waals surface area contributed by atoms with Crippen molar-refractivity contribution in [2.45, 2.75) is 4.90 Å². The molecule has 31 heavy (non-hydrogen) atoms. The molecule has 7 nitrogen and oxygen atoms in total. The monoisotopic (exact) mass is 481 g/mol. The first-order valence-electron chi connectivity index (χ1n) is 8.92. The van der Waals surface area contributed by atoms with Crippen LogP contribution in [-0.4, -0.2) is 32.7 Å².